The summed E-state index contributed by atoms with van der Waals surface area (Å²) in [6.07, 6.45) is -1.50. The van der Waals surface area contributed by atoms with Crippen molar-refractivity contribution in [2.45, 2.75) is 44.2 Å². The number of nitrogens with zero attached hydrogens (tertiary/aromatic N) is 2. The van der Waals surface area contributed by atoms with E-state index in [0.29, 0.717) is 38.0 Å². The van der Waals surface area contributed by atoms with Crippen molar-refractivity contribution < 1.29 is 36.9 Å². The number of hydrogen-bond donors (Lipinski definition) is 0. The van der Waals surface area contributed by atoms with Crippen molar-refractivity contribution >= 4 is 6.09 Å². The summed E-state index contributed by atoms with van der Waals surface area (Å²) in [5.74, 6) is 0.864. The summed E-state index contributed by atoms with van der Waals surface area (Å²) in [7, 11) is 0. The third-order valence-corrected chi connectivity index (χ3v) is 7.20. The van der Waals surface area contributed by atoms with Crippen LogP contribution in [0, 0.1) is 5.92 Å². The number of hydrogen-bond acceptors (Lipinski definition) is 6. The van der Waals surface area contributed by atoms with Gasteiger partial charge >= 0.3 is 12.5 Å². The van der Waals surface area contributed by atoms with Gasteiger partial charge in [-0.15, -0.1) is 13.2 Å². The Morgan fingerprint density at radius 3 is 2.51 bits per heavy atom. The quantitative estimate of drug-likeness (QED) is 0.494. The lowest BCUT2D eigenvalue weighted by atomic mass is 9.93. The molecule has 3 aliphatic heterocycles. The van der Waals surface area contributed by atoms with Gasteiger partial charge in [0, 0.05) is 19.2 Å². The van der Waals surface area contributed by atoms with E-state index in [1.54, 1.807) is 0 Å². The van der Waals surface area contributed by atoms with Gasteiger partial charge in [0.25, 0.3) is 0 Å². The minimum atomic E-state index is -4.76. The van der Waals surface area contributed by atoms with E-state index >= 15 is 0 Å². The average Bonchev–Trinajstić information content (AvgIpc) is 3.21. The molecular weight excluding hydrogens is 489 g/mol. The van der Waals surface area contributed by atoms with E-state index in [2.05, 4.69) is 21.8 Å². The molecule has 0 unspecified atom stereocenters. The Hall–Kier alpha value is -3.14. The summed E-state index contributed by atoms with van der Waals surface area (Å²) < 4.78 is 58.6. The first-order chi connectivity index (χ1) is 17.8. The second-order valence-corrected chi connectivity index (χ2v) is 9.85. The molecule has 10 heteroatoms. The van der Waals surface area contributed by atoms with Crippen molar-refractivity contribution in [3.63, 3.8) is 0 Å². The lowest BCUT2D eigenvalue weighted by molar-refractivity contribution is -0.274. The van der Waals surface area contributed by atoms with Crippen LogP contribution in [0.5, 0.6) is 17.2 Å². The fourth-order valence-electron chi connectivity index (χ4n) is 5.27. The number of amides is 1. The number of rotatable bonds is 8. The Kier molecular flexibility index (Phi) is 7.64. The second-order valence-electron chi connectivity index (χ2n) is 9.85. The van der Waals surface area contributed by atoms with Gasteiger partial charge in [-0.25, -0.2) is 4.79 Å². The van der Waals surface area contributed by atoms with Gasteiger partial charge in [0.1, 0.15) is 25.1 Å². The van der Waals surface area contributed by atoms with Crippen molar-refractivity contribution in [3.05, 3.63) is 54.1 Å². The molecule has 0 bridgehead atoms. The van der Waals surface area contributed by atoms with Crippen molar-refractivity contribution in [3.8, 4) is 17.2 Å². The van der Waals surface area contributed by atoms with E-state index in [4.69, 9.17) is 14.2 Å². The van der Waals surface area contributed by atoms with Gasteiger partial charge in [-0.2, -0.15) is 0 Å². The van der Waals surface area contributed by atoms with Gasteiger partial charge in [0.2, 0.25) is 0 Å². The molecule has 0 radical (unpaired) electrons. The number of fused-ring (bicyclic) bond motifs is 1. The summed E-state index contributed by atoms with van der Waals surface area (Å²) in [5, 5.41) is 0. The molecule has 0 spiro atoms. The molecule has 2 aromatic rings. The molecule has 0 saturated carbocycles. The Balaban J connectivity index is 1.06. The first kappa shape index (κ1) is 25.5. The van der Waals surface area contributed by atoms with Crippen LogP contribution >= 0.6 is 0 Å². The summed E-state index contributed by atoms with van der Waals surface area (Å²) in [4.78, 5) is 16.5. The summed E-state index contributed by atoms with van der Waals surface area (Å²) in [5.41, 5.74) is 1.20. The molecule has 37 heavy (non-hydrogen) atoms. The van der Waals surface area contributed by atoms with Gasteiger partial charge in [0.15, 0.2) is 11.5 Å². The minimum absolute atomic E-state index is 0.0726. The monoisotopic (exact) mass is 520 g/mol. The molecule has 0 N–H and O–H groups in total. The molecule has 1 amide bonds. The van der Waals surface area contributed by atoms with Crippen LogP contribution in [-0.4, -0.2) is 73.8 Å². The molecule has 0 aromatic heterocycles. The lowest BCUT2D eigenvalue weighted by Gasteiger charge is -2.36. The maximum absolute atomic E-state index is 12.5. The Morgan fingerprint density at radius 2 is 1.76 bits per heavy atom. The van der Waals surface area contributed by atoms with Crippen LogP contribution < -0.4 is 14.2 Å². The fourth-order valence-corrected chi connectivity index (χ4v) is 5.27. The number of cyclic esters (lactones) is 1. The lowest BCUT2D eigenvalue weighted by Crippen LogP contribution is -2.44. The van der Waals surface area contributed by atoms with Crippen LogP contribution in [0.15, 0.2) is 48.5 Å². The van der Waals surface area contributed by atoms with Crippen LogP contribution in [-0.2, 0) is 11.2 Å². The van der Waals surface area contributed by atoms with Crippen LogP contribution in [0.4, 0.5) is 18.0 Å². The number of carbonyl (C=O) groups is 1. The zero-order valence-corrected chi connectivity index (χ0v) is 20.5. The number of carbonyl (C=O) groups excluding carboxylic acids is 1. The Morgan fingerprint density at radius 1 is 0.973 bits per heavy atom. The molecule has 7 nitrogen and oxygen atoms in total. The van der Waals surface area contributed by atoms with Crippen molar-refractivity contribution in [1.82, 2.24) is 9.80 Å². The number of halogens is 3. The first-order valence-corrected chi connectivity index (χ1v) is 12.7. The molecule has 2 aromatic carbocycles. The smallest absolute Gasteiger partial charge is 0.486 e. The van der Waals surface area contributed by atoms with E-state index in [0.717, 1.165) is 38.8 Å². The highest BCUT2D eigenvalue weighted by atomic mass is 19.4. The maximum Gasteiger partial charge on any atom is 0.573 e. The third kappa shape index (κ3) is 6.80. The van der Waals surface area contributed by atoms with Gasteiger partial charge in [-0.1, -0.05) is 30.3 Å². The molecule has 3 heterocycles. The molecule has 2 atom stereocenters. The molecule has 2 fully saturated rings. The highest BCUT2D eigenvalue weighted by Gasteiger charge is 2.34. The fraction of sp³-hybridized carbons (Fsp3) is 0.519. The highest BCUT2D eigenvalue weighted by Crippen LogP contribution is 2.37. The second kappa shape index (κ2) is 11.1. The maximum atomic E-state index is 12.5. The summed E-state index contributed by atoms with van der Waals surface area (Å²) in [6, 6.07) is 14.1. The predicted octanol–water partition coefficient (Wildman–Crippen LogP) is 4.89. The topological polar surface area (TPSA) is 60.5 Å². The van der Waals surface area contributed by atoms with Crippen LogP contribution in [0.1, 0.15) is 24.8 Å². The third-order valence-electron chi connectivity index (χ3n) is 7.20. The van der Waals surface area contributed by atoms with E-state index < -0.39 is 6.36 Å². The van der Waals surface area contributed by atoms with E-state index in [1.807, 2.05) is 23.1 Å². The van der Waals surface area contributed by atoms with Gasteiger partial charge < -0.3 is 23.8 Å². The molecule has 0 aliphatic carbocycles. The van der Waals surface area contributed by atoms with Gasteiger partial charge in [0.05, 0.1) is 6.04 Å². The van der Waals surface area contributed by atoms with E-state index in [9.17, 15) is 18.0 Å². The van der Waals surface area contributed by atoms with Crippen molar-refractivity contribution in [1.29, 1.82) is 0 Å². The number of piperidine rings is 1. The minimum Gasteiger partial charge on any atom is -0.486 e. The normalized spacial score (nSPS) is 22.7. The van der Waals surface area contributed by atoms with Crippen LogP contribution in [0.3, 0.4) is 0 Å². The van der Waals surface area contributed by atoms with E-state index in [1.165, 1.54) is 23.8 Å². The number of benzene rings is 2. The molecule has 200 valence electrons. The zero-order chi connectivity index (χ0) is 25.8. The average molecular weight is 521 g/mol. The molecule has 3 aliphatic rings. The van der Waals surface area contributed by atoms with E-state index in [-0.39, 0.29) is 29.7 Å². The van der Waals surface area contributed by atoms with Gasteiger partial charge in [-0.3, -0.25) is 4.90 Å². The molecule has 5 rings (SSSR count). The van der Waals surface area contributed by atoms with Crippen LogP contribution in [0.2, 0.25) is 0 Å². The molecule has 2 saturated heterocycles. The number of ether oxygens (including phenoxy) is 4. The summed E-state index contributed by atoms with van der Waals surface area (Å²) >= 11 is 0. The Bertz CT molecular complexity index is 1060. The standard InChI is InChI=1S/C27H31F3N2O5/c28-27(29,30)37-22-6-7-24-25(15-22)36-23(18-34-24)16-31-11-8-19(9-12-31)10-13-32-21(17-35-26(32)33)14-20-4-2-1-3-5-20/h1-7,15,19,21,23H,8-14,16-18H2/t21-,23-/m0/s1. The predicted molar refractivity (Wildman–Crippen MR) is 129 cm³/mol. The molecular formula is C27H31F3N2O5. The Labute approximate surface area is 214 Å². The SMILES string of the molecule is O=C1OC[C@H](Cc2ccccc2)N1CCC1CCN(C[C@H]2COc3ccc(OC(F)(F)F)cc3O2)CC1. The van der Waals surface area contributed by atoms with Crippen molar-refractivity contribution in [2.75, 3.05) is 39.4 Å². The summed E-state index contributed by atoms with van der Waals surface area (Å²) in [6.45, 7) is 3.89. The number of likely N-dealkylation sites (tertiary alicyclic amines) is 1. The van der Waals surface area contributed by atoms with Crippen LogP contribution in [0.25, 0.3) is 0 Å². The zero-order valence-electron chi connectivity index (χ0n) is 20.5. The van der Waals surface area contributed by atoms with Crippen molar-refractivity contribution in [2.24, 2.45) is 5.92 Å². The first-order valence-electron chi connectivity index (χ1n) is 12.7. The largest absolute Gasteiger partial charge is 0.573 e. The highest BCUT2D eigenvalue weighted by molar-refractivity contribution is 5.70. The van der Waals surface area contributed by atoms with Gasteiger partial charge in [-0.05, 0) is 62.4 Å². The number of alkyl halides is 3.